The average molecular weight is 251 g/mol. The van der Waals surface area contributed by atoms with Crippen LogP contribution in [-0.2, 0) is 0 Å². The molecule has 16 heavy (non-hydrogen) atoms. The van der Waals surface area contributed by atoms with Gasteiger partial charge in [-0.25, -0.2) is 0 Å². The van der Waals surface area contributed by atoms with Gasteiger partial charge in [0.25, 0.3) is 0 Å². The predicted molar refractivity (Wildman–Crippen MR) is 65.7 cm³/mol. The van der Waals surface area contributed by atoms with Gasteiger partial charge in [0.15, 0.2) is 0 Å². The minimum absolute atomic E-state index is 0.0434. The van der Waals surface area contributed by atoms with E-state index in [-0.39, 0.29) is 5.12 Å². The van der Waals surface area contributed by atoms with Crippen molar-refractivity contribution in [1.29, 1.82) is 0 Å². The number of anilines is 1. The molecule has 6 heteroatoms. The molecule has 1 aromatic carbocycles. The molecule has 0 saturated heterocycles. The largest absolute Gasteiger partial charge is 0.399 e. The zero-order valence-corrected chi connectivity index (χ0v) is 10.1. The quantitative estimate of drug-likeness (QED) is 0.655. The maximum absolute atomic E-state index is 11.9. The Morgan fingerprint density at radius 3 is 2.94 bits per heavy atom. The molecule has 2 aromatic rings. The number of carbonyl (C=O) groups excluding carboxylic acids is 1. The molecule has 82 valence electrons. The lowest BCUT2D eigenvalue weighted by Gasteiger charge is -1.99. The minimum atomic E-state index is -0.0434. The van der Waals surface area contributed by atoms with Crippen LogP contribution in [0.3, 0.4) is 0 Å². The molecule has 0 atom stereocenters. The number of hydrogen-bond donors (Lipinski definition) is 1. The van der Waals surface area contributed by atoms with Crippen molar-refractivity contribution < 1.29 is 4.79 Å². The van der Waals surface area contributed by atoms with Gasteiger partial charge in [0.2, 0.25) is 5.12 Å². The minimum Gasteiger partial charge on any atom is -0.399 e. The topological polar surface area (TPSA) is 68.9 Å². The molecular formula is C10H9N3OS2. The highest BCUT2D eigenvalue weighted by molar-refractivity contribution is 8.14. The molecule has 0 bridgehead atoms. The van der Waals surface area contributed by atoms with Gasteiger partial charge in [0.1, 0.15) is 4.88 Å². The van der Waals surface area contributed by atoms with Crippen molar-refractivity contribution in [3.8, 4) is 0 Å². The Kier molecular flexibility index (Phi) is 3.21. The molecule has 0 amide bonds. The molecular weight excluding hydrogens is 242 g/mol. The normalized spacial score (nSPS) is 10.3. The van der Waals surface area contributed by atoms with Crippen LogP contribution in [0.5, 0.6) is 0 Å². The van der Waals surface area contributed by atoms with Crippen molar-refractivity contribution in [2.45, 2.75) is 11.8 Å². The van der Waals surface area contributed by atoms with Gasteiger partial charge >= 0.3 is 0 Å². The van der Waals surface area contributed by atoms with Crippen LogP contribution in [-0.4, -0.2) is 14.7 Å². The van der Waals surface area contributed by atoms with Crippen LogP contribution < -0.4 is 5.73 Å². The van der Waals surface area contributed by atoms with E-state index in [1.165, 1.54) is 0 Å². The third-order valence-electron chi connectivity index (χ3n) is 1.91. The van der Waals surface area contributed by atoms with E-state index in [4.69, 9.17) is 5.73 Å². The summed E-state index contributed by atoms with van der Waals surface area (Å²) >= 11 is 2.26. The van der Waals surface area contributed by atoms with Crippen LogP contribution in [0.1, 0.15) is 15.4 Å². The number of nitrogens with two attached hydrogens (primary N) is 1. The molecule has 0 saturated carbocycles. The number of aromatic nitrogens is 2. The summed E-state index contributed by atoms with van der Waals surface area (Å²) in [6.07, 6.45) is 0. The predicted octanol–water partition coefficient (Wildman–Crippen LogP) is 2.36. The molecule has 2 N–H and O–H groups in total. The van der Waals surface area contributed by atoms with Crippen molar-refractivity contribution in [3.63, 3.8) is 0 Å². The Bertz CT molecular complexity index is 524. The molecule has 4 nitrogen and oxygen atoms in total. The van der Waals surface area contributed by atoms with Crippen molar-refractivity contribution in [2.75, 3.05) is 5.73 Å². The zero-order valence-electron chi connectivity index (χ0n) is 8.51. The summed E-state index contributed by atoms with van der Waals surface area (Å²) in [4.78, 5) is 13.3. The highest BCUT2D eigenvalue weighted by Gasteiger charge is 2.14. The van der Waals surface area contributed by atoms with Crippen LogP contribution in [0.2, 0.25) is 0 Å². The Morgan fingerprint density at radius 1 is 1.50 bits per heavy atom. The van der Waals surface area contributed by atoms with E-state index in [2.05, 4.69) is 9.59 Å². The Morgan fingerprint density at radius 2 is 2.31 bits per heavy atom. The molecule has 0 unspecified atom stereocenters. The van der Waals surface area contributed by atoms with E-state index in [9.17, 15) is 4.79 Å². The first kappa shape index (κ1) is 11.1. The van der Waals surface area contributed by atoms with Crippen LogP contribution in [0.4, 0.5) is 5.69 Å². The highest BCUT2D eigenvalue weighted by atomic mass is 32.2. The maximum Gasteiger partial charge on any atom is 0.237 e. The van der Waals surface area contributed by atoms with Crippen molar-refractivity contribution in [1.82, 2.24) is 9.59 Å². The second kappa shape index (κ2) is 4.63. The summed E-state index contributed by atoms with van der Waals surface area (Å²) in [5.41, 5.74) is 6.96. The standard InChI is InChI=1S/C10H9N3OS2/c1-6-9(16-13-12-6)10(14)15-8-4-2-3-7(11)5-8/h2-5H,11H2,1H3. The number of nitrogens with zero attached hydrogens (tertiary/aromatic N) is 2. The lowest BCUT2D eigenvalue weighted by atomic mass is 10.3. The summed E-state index contributed by atoms with van der Waals surface area (Å²) in [6.45, 7) is 1.77. The average Bonchev–Trinajstić information content (AvgIpc) is 2.64. The van der Waals surface area contributed by atoms with Gasteiger partial charge in [-0.05, 0) is 48.4 Å². The van der Waals surface area contributed by atoms with Gasteiger partial charge in [-0.3, -0.25) is 4.79 Å². The fourth-order valence-electron chi connectivity index (χ4n) is 1.15. The fourth-order valence-corrected chi connectivity index (χ4v) is 2.68. The van der Waals surface area contributed by atoms with Gasteiger partial charge in [0, 0.05) is 10.6 Å². The molecule has 1 heterocycles. The van der Waals surface area contributed by atoms with Crippen molar-refractivity contribution in [2.24, 2.45) is 0 Å². The molecule has 0 aliphatic carbocycles. The van der Waals surface area contributed by atoms with E-state index < -0.39 is 0 Å². The number of rotatable bonds is 2. The molecule has 0 radical (unpaired) electrons. The smallest absolute Gasteiger partial charge is 0.237 e. The van der Waals surface area contributed by atoms with E-state index >= 15 is 0 Å². The maximum atomic E-state index is 11.9. The Labute approximate surface area is 101 Å². The van der Waals surface area contributed by atoms with Gasteiger partial charge in [-0.1, -0.05) is 10.6 Å². The summed E-state index contributed by atoms with van der Waals surface area (Å²) in [6, 6.07) is 7.23. The zero-order chi connectivity index (χ0) is 11.5. The molecule has 0 spiro atoms. The first-order chi connectivity index (χ1) is 7.66. The number of nitrogen functional groups attached to an aromatic ring is 1. The Hall–Kier alpha value is -1.40. The lowest BCUT2D eigenvalue weighted by Crippen LogP contribution is -1.93. The Balaban J connectivity index is 2.17. The van der Waals surface area contributed by atoms with E-state index in [1.54, 1.807) is 19.1 Å². The monoisotopic (exact) mass is 251 g/mol. The van der Waals surface area contributed by atoms with Gasteiger partial charge in [-0.2, -0.15) is 0 Å². The summed E-state index contributed by atoms with van der Waals surface area (Å²) in [7, 11) is 0. The van der Waals surface area contributed by atoms with Gasteiger partial charge in [-0.15, -0.1) is 5.10 Å². The first-order valence-corrected chi connectivity index (χ1v) is 6.12. The SMILES string of the molecule is Cc1nnsc1C(=O)Sc1cccc(N)c1. The van der Waals surface area contributed by atoms with E-state index in [0.717, 1.165) is 28.2 Å². The second-order valence-electron chi connectivity index (χ2n) is 3.15. The van der Waals surface area contributed by atoms with Crippen LogP contribution >= 0.6 is 23.3 Å². The summed E-state index contributed by atoms with van der Waals surface area (Å²) in [5.74, 6) is 0. The number of carbonyl (C=O) groups is 1. The molecule has 2 rings (SSSR count). The van der Waals surface area contributed by atoms with Gasteiger partial charge in [0.05, 0.1) is 5.69 Å². The summed E-state index contributed by atoms with van der Waals surface area (Å²) < 4.78 is 3.73. The number of aryl methyl sites for hydroxylation is 1. The molecule has 0 fully saturated rings. The highest BCUT2D eigenvalue weighted by Crippen LogP contribution is 2.26. The van der Waals surface area contributed by atoms with E-state index in [1.807, 2.05) is 12.1 Å². The van der Waals surface area contributed by atoms with Crippen molar-refractivity contribution in [3.05, 3.63) is 34.8 Å². The first-order valence-electron chi connectivity index (χ1n) is 4.53. The summed E-state index contributed by atoms with van der Waals surface area (Å²) in [5, 5.41) is 3.76. The number of thioether (sulfide) groups is 1. The van der Waals surface area contributed by atoms with E-state index in [0.29, 0.717) is 16.3 Å². The molecule has 1 aromatic heterocycles. The third-order valence-corrected chi connectivity index (χ3v) is 3.74. The molecule has 0 aliphatic rings. The van der Waals surface area contributed by atoms with Crippen LogP contribution in [0.15, 0.2) is 29.2 Å². The number of benzene rings is 1. The second-order valence-corrected chi connectivity index (χ2v) is 4.95. The lowest BCUT2D eigenvalue weighted by molar-refractivity contribution is 0.109. The van der Waals surface area contributed by atoms with Crippen LogP contribution in [0, 0.1) is 6.92 Å². The third kappa shape index (κ3) is 2.40. The molecule has 0 aliphatic heterocycles. The van der Waals surface area contributed by atoms with Crippen molar-refractivity contribution >= 4 is 34.1 Å². The van der Waals surface area contributed by atoms with Crippen LogP contribution in [0.25, 0.3) is 0 Å². The fraction of sp³-hybridized carbons (Fsp3) is 0.100. The number of hydrogen-bond acceptors (Lipinski definition) is 6. The van der Waals surface area contributed by atoms with Gasteiger partial charge < -0.3 is 5.73 Å².